The predicted molar refractivity (Wildman–Crippen MR) is 137 cm³/mol. The van der Waals surface area contributed by atoms with Gasteiger partial charge in [0.25, 0.3) is 0 Å². The highest BCUT2D eigenvalue weighted by Crippen LogP contribution is 2.30. The largest absolute Gasteiger partial charge is 0.385 e. The zero-order valence-electron chi connectivity index (χ0n) is 19.1. The molecule has 0 unspecified atom stereocenters. The van der Waals surface area contributed by atoms with Gasteiger partial charge >= 0.3 is 0 Å². The van der Waals surface area contributed by atoms with Crippen molar-refractivity contribution < 1.29 is 0 Å². The first kappa shape index (κ1) is 23.7. The lowest BCUT2D eigenvalue weighted by Gasteiger charge is -2.09. The van der Waals surface area contributed by atoms with Crippen LogP contribution in [0.1, 0.15) is 90.4 Å². The third-order valence-corrected chi connectivity index (χ3v) is 7.06. The van der Waals surface area contributed by atoms with Crippen molar-refractivity contribution in [1.29, 1.82) is 0 Å². The average Bonchev–Trinajstić information content (AvgIpc) is 2.78. The molecule has 31 heavy (non-hydrogen) atoms. The van der Waals surface area contributed by atoms with Crippen molar-refractivity contribution in [2.24, 2.45) is 0 Å². The van der Waals surface area contributed by atoms with E-state index in [-0.39, 0.29) is 5.43 Å². The summed E-state index contributed by atoms with van der Waals surface area (Å²) < 4.78 is 1.12. The van der Waals surface area contributed by atoms with E-state index in [9.17, 15) is 4.79 Å². The summed E-state index contributed by atoms with van der Waals surface area (Å²) in [4.78, 5) is 17.2. The molecule has 1 aromatic rings. The van der Waals surface area contributed by atoms with Crippen LogP contribution in [0.15, 0.2) is 41.2 Å². The third-order valence-electron chi connectivity index (χ3n) is 5.96. The molecule has 0 radical (unpaired) electrons. The molecule has 0 aromatic heterocycles. The van der Waals surface area contributed by atoms with Crippen LogP contribution in [0.2, 0.25) is 0 Å². The smallest absolute Gasteiger partial charge is 0.180 e. The second kappa shape index (κ2) is 13.5. The summed E-state index contributed by atoms with van der Waals surface area (Å²) in [5, 5.41) is 3.55. The van der Waals surface area contributed by atoms with Gasteiger partial charge in [0.2, 0.25) is 0 Å². The molecule has 0 saturated carbocycles. The zero-order chi connectivity index (χ0) is 21.7. The molecule has 0 spiro atoms. The van der Waals surface area contributed by atoms with E-state index in [0.717, 1.165) is 33.0 Å². The van der Waals surface area contributed by atoms with E-state index in [0.29, 0.717) is 0 Å². The lowest BCUT2D eigenvalue weighted by Crippen LogP contribution is -2.01. The molecule has 1 aliphatic carbocycles. The molecule has 1 heterocycles. The minimum Gasteiger partial charge on any atom is -0.385 e. The van der Waals surface area contributed by atoms with Crippen LogP contribution < -0.4 is 10.7 Å². The Morgan fingerprint density at radius 2 is 1.42 bits per heavy atom. The molecule has 0 fully saturated rings. The monoisotopic (exact) mass is 438 g/mol. The van der Waals surface area contributed by atoms with Gasteiger partial charge in [0, 0.05) is 18.3 Å². The number of anilines is 1. The first-order valence-electron chi connectivity index (χ1n) is 12.3. The van der Waals surface area contributed by atoms with Gasteiger partial charge in [0.1, 0.15) is 0 Å². The summed E-state index contributed by atoms with van der Waals surface area (Å²) >= 11 is 1.64. The molecule has 0 atom stereocenters. The SMILES string of the molecule is CCCCCCCCCCCCCCCNc1ccc2nc3ccc(=O)cc-3sc2c1. The van der Waals surface area contributed by atoms with Crippen LogP contribution in [-0.4, -0.2) is 11.5 Å². The molecule has 4 heteroatoms. The Balaban J connectivity index is 1.28. The molecule has 3 nitrogen and oxygen atoms in total. The number of unbranched alkanes of at least 4 members (excludes halogenated alkanes) is 12. The van der Waals surface area contributed by atoms with Crippen LogP contribution in [0.4, 0.5) is 5.69 Å². The van der Waals surface area contributed by atoms with Crippen LogP contribution >= 0.6 is 11.3 Å². The molecular weight excluding hydrogens is 400 g/mol. The Hall–Kier alpha value is -1.94. The summed E-state index contributed by atoms with van der Waals surface area (Å²) in [6, 6.07) is 11.4. The van der Waals surface area contributed by atoms with Crippen LogP contribution in [-0.2, 0) is 0 Å². The van der Waals surface area contributed by atoms with Gasteiger partial charge in [0.05, 0.1) is 20.8 Å². The second-order valence-corrected chi connectivity index (χ2v) is 9.78. The molecular formula is C27H38N2OS. The van der Waals surface area contributed by atoms with Gasteiger partial charge in [-0.25, -0.2) is 4.98 Å². The molecule has 1 N–H and O–H groups in total. The van der Waals surface area contributed by atoms with Crippen molar-refractivity contribution in [2.45, 2.75) is 90.4 Å². The summed E-state index contributed by atoms with van der Waals surface area (Å²) in [6.07, 6.45) is 18.0. The minimum absolute atomic E-state index is 0.0431. The Labute approximate surface area is 191 Å². The van der Waals surface area contributed by atoms with Crippen molar-refractivity contribution in [1.82, 2.24) is 4.98 Å². The van der Waals surface area contributed by atoms with Crippen molar-refractivity contribution >= 4 is 27.2 Å². The number of hydrogen-bond donors (Lipinski definition) is 1. The van der Waals surface area contributed by atoms with E-state index in [1.54, 1.807) is 23.5 Å². The molecule has 0 bridgehead atoms. The maximum atomic E-state index is 11.6. The highest BCUT2D eigenvalue weighted by Gasteiger charge is 2.07. The topological polar surface area (TPSA) is 42.0 Å². The molecule has 0 saturated heterocycles. The third kappa shape index (κ3) is 8.25. The van der Waals surface area contributed by atoms with E-state index >= 15 is 0 Å². The van der Waals surface area contributed by atoms with Crippen molar-refractivity contribution in [2.75, 3.05) is 11.9 Å². The van der Waals surface area contributed by atoms with Crippen LogP contribution in [0.25, 0.3) is 20.8 Å². The first-order chi connectivity index (χ1) is 15.3. The standard InChI is InChI=1S/C27H38N2OS/c1-2-3-4-5-6-7-8-9-10-11-12-13-14-19-28-22-15-17-24-26(20-22)31-27-21-23(30)16-18-25(27)29-24/h15-18,20-21,28H,2-14,19H2,1H3. The van der Waals surface area contributed by atoms with E-state index in [1.165, 1.54) is 83.5 Å². The maximum Gasteiger partial charge on any atom is 0.180 e. The number of rotatable bonds is 15. The number of aromatic nitrogens is 1. The fourth-order valence-corrected chi connectivity index (χ4v) is 5.12. The summed E-state index contributed by atoms with van der Waals surface area (Å²) in [6.45, 7) is 3.30. The van der Waals surface area contributed by atoms with Gasteiger partial charge in [-0.3, -0.25) is 4.79 Å². The van der Waals surface area contributed by atoms with Gasteiger partial charge in [-0.2, -0.15) is 0 Å². The fourth-order valence-electron chi connectivity index (χ4n) is 4.09. The Bertz CT molecular complexity index is 936. The van der Waals surface area contributed by atoms with Crippen LogP contribution in [0.3, 0.4) is 0 Å². The highest BCUT2D eigenvalue weighted by atomic mass is 32.1. The van der Waals surface area contributed by atoms with E-state index in [4.69, 9.17) is 0 Å². The fraction of sp³-hybridized carbons (Fsp3) is 0.556. The van der Waals surface area contributed by atoms with Gasteiger partial charge in [-0.05, 0) is 36.8 Å². The number of fused-ring (bicyclic) bond motifs is 2. The van der Waals surface area contributed by atoms with Gasteiger partial charge in [-0.1, -0.05) is 84.0 Å². The first-order valence-corrected chi connectivity index (χ1v) is 13.2. The van der Waals surface area contributed by atoms with E-state index in [2.05, 4.69) is 35.4 Å². The van der Waals surface area contributed by atoms with Crippen molar-refractivity contribution in [3.63, 3.8) is 0 Å². The zero-order valence-corrected chi connectivity index (χ0v) is 19.9. The van der Waals surface area contributed by atoms with Crippen molar-refractivity contribution in [3.8, 4) is 10.6 Å². The summed E-state index contributed by atoms with van der Waals surface area (Å²) in [5.41, 5.74) is 3.07. The Morgan fingerprint density at radius 1 is 0.774 bits per heavy atom. The quantitative estimate of drug-likeness (QED) is 0.192. The molecule has 1 aromatic carbocycles. The lowest BCUT2D eigenvalue weighted by molar-refractivity contribution is 0.541. The van der Waals surface area contributed by atoms with Gasteiger partial charge in [-0.15, -0.1) is 11.3 Å². The molecule has 0 amide bonds. The number of hydrogen-bond acceptors (Lipinski definition) is 4. The molecule has 1 aliphatic heterocycles. The molecule has 2 aliphatic rings. The van der Waals surface area contributed by atoms with Gasteiger partial charge in [0.15, 0.2) is 5.43 Å². The summed E-state index contributed by atoms with van der Waals surface area (Å²) in [5.74, 6) is 0. The second-order valence-electron chi connectivity index (χ2n) is 8.70. The normalized spacial score (nSPS) is 11.4. The lowest BCUT2D eigenvalue weighted by atomic mass is 10.0. The Kier molecular flexibility index (Phi) is 10.3. The number of nitrogens with zero attached hydrogens (tertiary/aromatic N) is 1. The summed E-state index contributed by atoms with van der Waals surface area (Å²) in [7, 11) is 0. The van der Waals surface area contributed by atoms with Gasteiger partial charge < -0.3 is 5.32 Å². The Morgan fingerprint density at radius 3 is 2.10 bits per heavy atom. The van der Waals surface area contributed by atoms with E-state index < -0.39 is 0 Å². The predicted octanol–water partition coefficient (Wildman–Crippen LogP) is 8.26. The average molecular weight is 439 g/mol. The van der Waals surface area contributed by atoms with E-state index in [1.807, 2.05) is 6.07 Å². The van der Waals surface area contributed by atoms with Crippen molar-refractivity contribution in [3.05, 3.63) is 46.6 Å². The highest BCUT2D eigenvalue weighted by molar-refractivity contribution is 7.21. The van der Waals surface area contributed by atoms with Crippen LogP contribution in [0.5, 0.6) is 0 Å². The molecule has 3 rings (SSSR count). The van der Waals surface area contributed by atoms with Crippen LogP contribution in [0, 0.1) is 0 Å². The number of benzene rings is 2. The molecule has 168 valence electrons. The maximum absolute atomic E-state index is 11.6. The number of nitrogens with one attached hydrogen (secondary N) is 1. The minimum atomic E-state index is 0.0431.